The summed E-state index contributed by atoms with van der Waals surface area (Å²) in [5, 5.41) is 1.41. The van der Waals surface area contributed by atoms with E-state index in [-0.39, 0.29) is 36.7 Å². The molecule has 0 unspecified atom stereocenters. The quantitative estimate of drug-likeness (QED) is 0.752. The molecule has 3 saturated heterocycles. The van der Waals surface area contributed by atoms with Gasteiger partial charge in [-0.25, -0.2) is 13.8 Å². The second kappa shape index (κ2) is 6.46. The topological polar surface area (TPSA) is 59.1 Å². The van der Waals surface area contributed by atoms with Crippen LogP contribution in [-0.2, 0) is 19.2 Å². The van der Waals surface area contributed by atoms with Gasteiger partial charge < -0.3 is 9.64 Å². The molecular weight excluding hydrogens is 334 g/mol. The minimum absolute atomic E-state index is 0.134. The summed E-state index contributed by atoms with van der Waals surface area (Å²) < 4.78 is 31.9. The van der Waals surface area contributed by atoms with Gasteiger partial charge in [-0.05, 0) is 31.6 Å². The van der Waals surface area contributed by atoms with Crippen LogP contribution < -0.4 is 0 Å². The Labute approximate surface area is 145 Å². The van der Waals surface area contributed by atoms with E-state index >= 15 is 0 Å². The molecule has 8 heteroatoms. The first kappa shape index (κ1) is 17.1. The summed E-state index contributed by atoms with van der Waals surface area (Å²) in [5.41, 5.74) is 0. The molecule has 6 nitrogen and oxygen atoms in total. The summed E-state index contributed by atoms with van der Waals surface area (Å²) >= 11 is 0. The molecule has 0 aromatic rings. The predicted molar refractivity (Wildman–Crippen MR) is 82.5 cm³/mol. The van der Waals surface area contributed by atoms with Crippen molar-refractivity contribution in [2.24, 2.45) is 11.8 Å². The standard InChI is InChI=1S/C17H24F2N2O4/c18-17(19)8-12(9-17)15(22)20-5-3-11-7-13(25-14(11)10-20)16(23)21-4-1-2-6-24-21/h11-14H,1-10H2/t11-,13-,14+/m0/s1. The number of ether oxygens (including phenoxy) is 1. The molecule has 4 aliphatic rings. The number of amides is 2. The second-order valence-electron chi connectivity index (χ2n) is 7.67. The van der Waals surface area contributed by atoms with Crippen molar-refractivity contribution in [1.29, 1.82) is 0 Å². The smallest absolute Gasteiger partial charge is 0.275 e. The van der Waals surface area contributed by atoms with Crippen molar-refractivity contribution < 1.29 is 27.9 Å². The van der Waals surface area contributed by atoms with Crippen molar-refractivity contribution in [2.45, 2.75) is 56.7 Å². The van der Waals surface area contributed by atoms with Gasteiger partial charge in [0.25, 0.3) is 5.91 Å². The SMILES string of the molecule is O=C(C1CC(F)(F)C1)N1CC[C@H]2C[C@@H](C(=O)N3CCCCO3)O[C@@H]2C1. The van der Waals surface area contributed by atoms with Gasteiger partial charge >= 0.3 is 0 Å². The number of hydrogen-bond donors (Lipinski definition) is 0. The van der Waals surface area contributed by atoms with Crippen molar-refractivity contribution in [2.75, 3.05) is 26.2 Å². The third-order valence-corrected chi connectivity index (χ3v) is 5.83. The number of rotatable bonds is 2. The van der Waals surface area contributed by atoms with Crippen LogP contribution in [0.15, 0.2) is 0 Å². The highest BCUT2D eigenvalue weighted by molar-refractivity contribution is 5.81. The van der Waals surface area contributed by atoms with Crippen LogP contribution in [0, 0.1) is 11.8 Å². The van der Waals surface area contributed by atoms with Crippen molar-refractivity contribution in [1.82, 2.24) is 9.96 Å². The number of piperidine rings is 1. The number of halogens is 2. The number of alkyl halides is 2. The van der Waals surface area contributed by atoms with Crippen LogP contribution in [-0.4, -0.2) is 66.1 Å². The van der Waals surface area contributed by atoms with E-state index in [1.165, 1.54) is 5.06 Å². The van der Waals surface area contributed by atoms with Gasteiger partial charge in [0.2, 0.25) is 11.8 Å². The van der Waals surface area contributed by atoms with Crippen LogP contribution in [0.25, 0.3) is 0 Å². The number of carbonyl (C=O) groups excluding carboxylic acids is 2. The van der Waals surface area contributed by atoms with Crippen LogP contribution >= 0.6 is 0 Å². The first-order chi connectivity index (χ1) is 11.9. The van der Waals surface area contributed by atoms with Crippen LogP contribution in [0.4, 0.5) is 8.78 Å². The van der Waals surface area contributed by atoms with Crippen molar-refractivity contribution in [3.8, 4) is 0 Å². The molecule has 0 spiro atoms. The molecular formula is C17H24F2N2O4. The zero-order valence-electron chi connectivity index (χ0n) is 14.2. The predicted octanol–water partition coefficient (Wildman–Crippen LogP) is 1.59. The molecule has 0 aromatic carbocycles. The van der Waals surface area contributed by atoms with Crippen molar-refractivity contribution >= 4 is 11.8 Å². The summed E-state index contributed by atoms with van der Waals surface area (Å²) in [6.45, 7) is 2.11. The molecule has 25 heavy (non-hydrogen) atoms. The first-order valence-corrected chi connectivity index (χ1v) is 9.19. The van der Waals surface area contributed by atoms with E-state index in [9.17, 15) is 18.4 Å². The Morgan fingerprint density at radius 3 is 2.56 bits per heavy atom. The van der Waals surface area contributed by atoms with E-state index in [4.69, 9.17) is 9.57 Å². The van der Waals surface area contributed by atoms with Crippen LogP contribution in [0.1, 0.15) is 38.5 Å². The summed E-state index contributed by atoms with van der Waals surface area (Å²) in [7, 11) is 0. The second-order valence-corrected chi connectivity index (χ2v) is 7.67. The fourth-order valence-electron chi connectivity index (χ4n) is 4.31. The molecule has 0 aromatic heterocycles. The Bertz CT molecular complexity index is 545. The Kier molecular flexibility index (Phi) is 4.43. The summed E-state index contributed by atoms with van der Waals surface area (Å²) in [5.74, 6) is -3.33. The van der Waals surface area contributed by atoms with E-state index in [1.54, 1.807) is 4.90 Å². The van der Waals surface area contributed by atoms with Gasteiger partial charge in [-0.3, -0.25) is 14.4 Å². The summed E-state index contributed by atoms with van der Waals surface area (Å²) in [6, 6.07) is 0. The molecule has 4 rings (SSSR count). The van der Waals surface area contributed by atoms with Crippen LogP contribution in [0.2, 0.25) is 0 Å². The zero-order chi connectivity index (χ0) is 17.6. The number of fused-ring (bicyclic) bond motifs is 1. The molecule has 4 fully saturated rings. The lowest BCUT2D eigenvalue weighted by molar-refractivity contribution is -0.206. The van der Waals surface area contributed by atoms with E-state index in [0.29, 0.717) is 32.7 Å². The lowest BCUT2D eigenvalue weighted by Crippen LogP contribution is -2.52. The Balaban J connectivity index is 1.31. The maximum atomic E-state index is 13.0. The summed E-state index contributed by atoms with van der Waals surface area (Å²) in [6.07, 6.45) is 1.90. The Morgan fingerprint density at radius 2 is 1.88 bits per heavy atom. The number of carbonyl (C=O) groups is 2. The number of hydroxylamine groups is 2. The lowest BCUT2D eigenvalue weighted by Gasteiger charge is -2.40. The maximum Gasteiger partial charge on any atom is 0.275 e. The third kappa shape index (κ3) is 3.38. The van der Waals surface area contributed by atoms with E-state index in [0.717, 1.165) is 19.3 Å². The molecule has 0 radical (unpaired) electrons. The van der Waals surface area contributed by atoms with E-state index < -0.39 is 17.9 Å². The fraction of sp³-hybridized carbons (Fsp3) is 0.882. The van der Waals surface area contributed by atoms with E-state index in [1.807, 2.05) is 0 Å². The molecule has 1 saturated carbocycles. The normalized spacial score (nSPS) is 35.2. The van der Waals surface area contributed by atoms with E-state index in [2.05, 4.69) is 0 Å². The van der Waals surface area contributed by atoms with Crippen LogP contribution in [0.5, 0.6) is 0 Å². The highest BCUT2D eigenvalue weighted by Gasteiger charge is 2.51. The van der Waals surface area contributed by atoms with Gasteiger partial charge in [-0.2, -0.15) is 0 Å². The maximum absolute atomic E-state index is 13.0. The molecule has 3 heterocycles. The molecule has 2 amide bonds. The molecule has 3 aliphatic heterocycles. The van der Waals surface area contributed by atoms with Gasteiger partial charge in [0.15, 0.2) is 0 Å². The van der Waals surface area contributed by atoms with Gasteiger partial charge in [0, 0.05) is 38.4 Å². The average Bonchev–Trinajstić information content (AvgIpc) is 3.02. The third-order valence-electron chi connectivity index (χ3n) is 5.83. The minimum Gasteiger partial charge on any atom is -0.363 e. The number of hydrogen-bond acceptors (Lipinski definition) is 4. The van der Waals surface area contributed by atoms with Gasteiger partial charge in [-0.15, -0.1) is 0 Å². The number of nitrogens with zero attached hydrogens (tertiary/aromatic N) is 2. The van der Waals surface area contributed by atoms with Crippen molar-refractivity contribution in [3.05, 3.63) is 0 Å². The largest absolute Gasteiger partial charge is 0.363 e. The first-order valence-electron chi connectivity index (χ1n) is 9.19. The molecule has 1 aliphatic carbocycles. The van der Waals surface area contributed by atoms with Crippen LogP contribution in [0.3, 0.4) is 0 Å². The van der Waals surface area contributed by atoms with Gasteiger partial charge in [0.05, 0.1) is 12.7 Å². The molecule has 0 bridgehead atoms. The van der Waals surface area contributed by atoms with Gasteiger partial charge in [-0.1, -0.05) is 0 Å². The Morgan fingerprint density at radius 1 is 1.08 bits per heavy atom. The number of likely N-dealkylation sites (tertiary alicyclic amines) is 1. The molecule has 140 valence electrons. The monoisotopic (exact) mass is 358 g/mol. The lowest BCUT2D eigenvalue weighted by atomic mass is 9.79. The summed E-state index contributed by atoms with van der Waals surface area (Å²) in [4.78, 5) is 31.9. The zero-order valence-corrected chi connectivity index (χ0v) is 14.2. The highest BCUT2D eigenvalue weighted by atomic mass is 19.3. The van der Waals surface area contributed by atoms with Gasteiger partial charge in [0.1, 0.15) is 6.10 Å². The Hall–Kier alpha value is -1.28. The average molecular weight is 358 g/mol. The van der Waals surface area contributed by atoms with Crippen molar-refractivity contribution in [3.63, 3.8) is 0 Å². The fourth-order valence-corrected chi connectivity index (χ4v) is 4.31. The minimum atomic E-state index is -2.69. The molecule has 0 N–H and O–H groups in total. The molecule has 3 atom stereocenters. The highest BCUT2D eigenvalue weighted by Crippen LogP contribution is 2.44.